The number of aliphatic carboxylic acids is 1. The first-order valence-electron chi connectivity index (χ1n) is 22.4. The van der Waals surface area contributed by atoms with Crippen molar-refractivity contribution in [3.05, 3.63) is 71.8 Å². The first-order chi connectivity index (χ1) is 30.7. The molecule has 1 aliphatic heterocycles. The first kappa shape index (κ1) is 53.5. The molecular formula is C48H68N4O13. The van der Waals surface area contributed by atoms with E-state index >= 15 is 0 Å². The molecule has 2 N–H and O–H groups in total. The predicted octanol–water partition coefficient (Wildman–Crippen LogP) is 3.98. The van der Waals surface area contributed by atoms with E-state index in [9.17, 15) is 43.5 Å². The zero-order valence-corrected chi connectivity index (χ0v) is 39.4. The van der Waals surface area contributed by atoms with Crippen LogP contribution < -0.4 is 5.32 Å². The van der Waals surface area contributed by atoms with Crippen molar-refractivity contribution < 1.29 is 62.4 Å². The molecule has 1 aliphatic rings. The van der Waals surface area contributed by atoms with Gasteiger partial charge in [-0.3, -0.25) is 19.2 Å². The van der Waals surface area contributed by atoms with Crippen molar-refractivity contribution in [3.63, 3.8) is 0 Å². The molecule has 358 valence electrons. The molecule has 3 amide bonds. The summed E-state index contributed by atoms with van der Waals surface area (Å²) in [4.78, 5) is 111. The third kappa shape index (κ3) is 15.4. The molecule has 65 heavy (non-hydrogen) atoms. The smallest absolute Gasteiger partial charge is 0.344 e. The van der Waals surface area contributed by atoms with Crippen LogP contribution >= 0.6 is 0 Å². The van der Waals surface area contributed by atoms with Gasteiger partial charge in [-0.05, 0) is 76.5 Å². The lowest BCUT2D eigenvalue weighted by atomic mass is 9.99. The number of carboxylic acid groups (broad SMARTS) is 1. The van der Waals surface area contributed by atoms with Crippen LogP contribution in [-0.2, 0) is 70.1 Å². The fourth-order valence-electron chi connectivity index (χ4n) is 7.44. The van der Waals surface area contributed by atoms with E-state index in [1.165, 1.54) is 39.8 Å². The highest BCUT2D eigenvalue weighted by atomic mass is 16.6. The van der Waals surface area contributed by atoms with E-state index < -0.39 is 96.2 Å². The number of likely N-dealkylation sites (tertiary alicyclic amines) is 1. The molecule has 1 saturated heterocycles. The van der Waals surface area contributed by atoms with Crippen LogP contribution in [0.5, 0.6) is 0 Å². The Hall–Kier alpha value is -5.84. The molecule has 0 aliphatic carbocycles. The number of piperidine rings is 1. The molecule has 3 rings (SSSR count). The monoisotopic (exact) mass is 908 g/mol. The zero-order valence-electron chi connectivity index (χ0n) is 39.4. The number of likely N-dealkylation sites (N-methyl/N-ethyl adjacent to an activating group) is 3. The van der Waals surface area contributed by atoms with Gasteiger partial charge < -0.3 is 44.1 Å². The fraction of sp³-hybridized carbons (Fsp3) is 0.583. The van der Waals surface area contributed by atoms with Crippen molar-refractivity contribution in [2.45, 2.75) is 142 Å². The van der Waals surface area contributed by atoms with Crippen molar-refractivity contribution in [1.82, 2.24) is 20.0 Å². The number of esters is 4. The highest BCUT2D eigenvalue weighted by Crippen LogP contribution is 2.24. The Morgan fingerprint density at radius 1 is 0.708 bits per heavy atom. The van der Waals surface area contributed by atoms with Gasteiger partial charge in [-0.1, -0.05) is 94.8 Å². The summed E-state index contributed by atoms with van der Waals surface area (Å²) in [6, 6.07) is 13.5. The number of carbonyl (C=O) groups is 8. The first-order valence-corrected chi connectivity index (χ1v) is 22.4. The number of carbonyl (C=O) groups excluding carboxylic acids is 7. The van der Waals surface area contributed by atoms with E-state index in [-0.39, 0.29) is 44.1 Å². The molecule has 0 bridgehead atoms. The SMILES string of the molecule is CC[C@H](C)[C@H](NC)C(=O)O[C@H](Cc1ccccc1)C(=O)N(C)[C@@H](C)C(=O)O[C@H](C)C(=O)N(C)[C@@H](CC(C)C)C(=O)O[C@H](Cc1ccccc1)C(=O)N1CCCC[C@H]1C(=O)O[C@H](C)C(=O)O. The van der Waals surface area contributed by atoms with Crippen LogP contribution in [0.3, 0.4) is 0 Å². The zero-order chi connectivity index (χ0) is 48.5. The summed E-state index contributed by atoms with van der Waals surface area (Å²) < 4.78 is 22.5. The Labute approximate surface area is 382 Å². The van der Waals surface area contributed by atoms with Crippen LogP contribution in [0, 0.1) is 11.8 Å². The highest BCUT2D eigenvalue weighted by Gasteiger charge is 2.42. The van der Waals surface area contributed by atoms with E-state index in [4.69, 9.17) is 18.9 Å². The van der Waals surface area contributed by atoms with E-state index in [0.717, 1.165) is 15.4 Å². The van der Waals surface area contributed by atoms with E-state index in [0.29, 0.717) is 24.8 Å². The number of nitrogens with one attached hydrogen (secondary N) is 1. The van der Waals surface area contributed by atoms with Gasteiger partial charge in [-0.25, -0.2) is 19.2 Å². The number of benzene rings is 2. The van der Waals surface area contributed by atoms with Gasteiger partial charge in [-0.15, -0.1) is 0 Å². The lowest BCUT2D eigenvalue weighted by Gasteiger charge is -2.37. The van der Waals surface area contributed by atoms with E-state index in [1.807, 2.05) is 33.8 Å². The van der Waals surface area contributed by atoms with Crippen LogP contribution in [0.15, 0.2) is 60.7 Å². The van der Waals surface area contributed by atoms with Crippen molar-refractivity contribution >= 4 is 47.6 Å². The number of amides is 3. The van der Waals surface area contributed by atoms with Gasteiger partial charge in [0, 0.05) is 33.5 Å². The van der Waals surface area contributed by atoms with Crippen molar-refractivity contribution in [2.75, 3.05) is 27.7 Å². The highest BCUT2D eigenvalue weighted by molar-refractivity contribution is 5.93. The molecular weight excluding hydrogens is 841 g/mol. The molecule has 0 spiro atoms. The van der Waals surface area contributed by atoms with Crippen LogP contribution in [0.1, 0.15) is 91.7 Å². The van der Waals surface area contributed by atoms with Gasteiger partial charge in [0.25, 0.3) is 17.7 Å². The lowest BCUT2D eigenvalue weighted by Crippen LogP contribution is -2.55. The Balaban J connectivity index is 1.81. The van der Waals surface area contributed by atoms with Crippen LogP contribution in [-0.4, -0.2) is 144 Å². The quantitative estimate of drug-likeness (QED) is 0.119. The second kappa shape index (κ2) is 25.6. The number of rotatable bonds is 23. The van der Waals surface area contributed by atoms with Crippen LogP contribution in [0.25, 0.3) is 0 Å². The van der Waals surface area contributed by atoms with Gasteiger partial charge in [0.05, 0.1) is 0 Å². The Kier molecular flexibility index (Phi) is 21.1. The molecule has 0 aromatic heterocycles. The molecule has 0 radical (unpaired) electrons. The largest absolute Gasteiger partial charge is 0.479 e. The topological polar surface area (TPSA) is 215 Å². The minimum absolute atomic E-state index is 0.0382. The predicted molar refractivity (Wildman–Crippen MR) is 239 cm³/mol. The summed E-state index contributed by atoms with van der Waals surface area (Å²) in [6.45, 7) is 11.6. The van der Waals surface area contributed by atoms with Gasteiger partial charge in [0.2, 0.25) is 0 Å². The van der Waals surface area contributed by atoms with E-state index in [2.05, 4.69) is 5.32 Å². The van der Waals surface area contributed by atoms with Crippen LogP contribution in [0.4, 0.5) is 0 Å². The summed E-state index contributed by atoms with van der Waals surface area (Å²) in [5, 5.41) is 12.3. The standard InChI is InChI=1S/C48H68N4O13/c1-11-30(4)40(49-8)48(61)65-38(27-34-20-14-12-15-21-34)42(54)50(9)31(5)45(58)62-32(6)41(53)51(10)37(26-29(2)3)47(60)64-39(28-35-22-16-13-17-23-35)43(55)52-25-19-18-24-36(52)46(59)63-33(7)44(56)57/h12-17,20-23,29-33,36-40,49H,11,18-19,24-28H2,1-10H3,(H,56,57)/t30-,31-,32+,33+,36-,37-,38+,39+,40-/m0/s1. The molecule has 17 nitrogen and oxygen atoms in total. The molecule has 1 fully saturated rings. The third-order valence-electron chi connectivity index (χ3n) is 11.8. The summed E-state index contributed by atoms with van der Waals surface area (Å²) in [5.74, 6) is -7.06. The maximum Gasteiger partial charge on any atom is 0.344 e. The Morgan fingerprint density at radius 3 is 1.78 bits per heavy atom. The molecule has 2 aromatic carbocycles. The average molecular weight is 909 g/mol. The third-order valence-corrected chi connectivity index (χ3v) is 11.8. The van der Waals surface area contributed by atoms with Crippen molar-refractivity contribution in [3.8, 4) is 0 Å². The van der Waals surface area contributed by atoms with Crippen LogP contribution in [0.2, 0.25) is 0 Å². The number of hydrogen-bond acceptors (Lipinski definition) is 13. The summed E-state index contributed by atoms with van der Waals surface area (Å²) in [6.07, 6.45) is -3.55. The Morgan fingerprint density at radius 2 is 1.26 bits per heavy atom. The lowest BCUT2D eigenvalue weighted by molar-refractivity contribution is -0.175. The fourth-order valence-corrected chi connectivity index (χ4v) is 7.44. The Bertz CT molecular complexity index is 1930. The van der Waals surface area contributed by atoms with Gasteiger partial charge in [0.1, 0.15) is 24.2 Å². The molecule has 0 saturated carbocycles. The number of ether oxygens (including phenoxy) is 4. The molecule has 1 heterocycles. The minimum Gasteiger partial charge on any atom is -0.479 e. The molecule has 2 aromatic rings. The molecule has 0 unspecified atom stereocenters. The van der Waals surface area contributed by atoms with Crippen molar-refractivity contribution in [2.24, 2.45) is 11.8 Å². The molecule has 9 atom stereocenters. The number of nitrogens with zero attached hydrogens (tertiary/aromatic N) is 3. The average Bonchev–Trinajstić information content (AvgIpc) is 3.29. The molecule has 17 heteroatoms. The summed E-state index contributed by atoms with van der Waals surface area (Å²) in [5.41, 5.74) is 1.37. The van der Waals surface area contributed by atoms with Gasteiger partial charge >= 0.3 is 29.8 Å². The second-order valence-corrected chi connectivity index (χ2v) is 17.1. The number of hydrogen-bond donors (Lipinski definition) is 2. The summed E-state index contributed by atoms with van der Waals surface area (Å²) >= 11 is 0. The van der Waals surface area contributed by atoms with Gasteiger partial charge in [0.15, 0.2) is 24.4 Å². The second-order valence-electron chi connectivity index (χ2n) is 17.1. The number of carboxylic acids is 1. The normalized spacial score (nSPS) is 17.5. The van der Waals surface area contributed by atoms with E-state index in [1.54, 1.807) is 61.6 Å². The maximum absolute atomic E-state index is 14.3. The summed E-state index contributed by atoms with van der Waals surface area (Å²) in [7, 11) is 4.36. The van der Waals surface area contributed by atoms with Gasteiger partial charge in [-0.2, -0.15) is 0 Å². The maximum atomic E-state index is 14.3. The van der Waals surface area contributed by atoms with Crippen molar-refractivity contribution in [1.29, 1.82) is 0 Å². The minimum atomic E-state index is -1.45.